The largest absolute Gasteiger partial charge is 0.0845 e. The summed E-state index contributed by atoms with van der Waals surface area (Å²) in [6, 6.07) is 0. The molecule has 0 aromatic carbocycles. The summed E-state index contributed by atoms with van der Waals surface area (Å²) in [6.07, 6.45) is 54.5. The second-order valence-electron chi connectivity index (χ2n) is 6.67. The molecule has 0 aromatic rings. The number of allylic oxidation sites excluding steroid dienone is 22. The van der Waals surface area contributed by atoms with Gasteiger partial charge in [-0.2, -0.15) is 0 Å². The molecule has 0 amide bonds. The lowest BCUT2D eigenvalue weighted by Gasteiger charge is -1.97. The van der Waals surface area contributed by atoms with Crippen LogP contribution in [0.5, 0.6) is 0 Å². The van der Waals surface area contributed by atoms with E-state index in [0.29, 0.717) is 0 Å². The molecule has 0 heteroatoms. The van der Waals surface area contributed by atoms with Gasteiger partial charge in [-0.3, -0.25) is 0 Å². The fourth-order valence-corrected chi connectivity index (χ4v) is 2.56. The zero-order chi connectivity index (χ0) is 20.5. The zero-order valence-electron chi connectivity index (χ0n) is 17.7. The Morgan fingerprint density at radius 3 is 0.690 bits per heavy atom. The summed E-state index contributed by atoms with van der Waals surface area (Å²) in [5.41, 5.74) is 0. The summed E-state index contributed by atoms with van der Waals surface area (Å²) in [5.74, 6) is 0. The third-order valence-electron chi connectivity index (χ3n) is 4.12. The van der Waals surface area contributed by atoms with Crippen molar-refractivity contribution in [3.63, 3.8) is 0 Å². The molecule has 0 fully saturated rings. The minimum absolute atomic E-state index is 1.18. The monoisotopic (exact) mass is 384 g/mol. The molecule has 152 valence electrons. The van der Waals surface area contributed by atoms with E-state index < -0.39 is 0 Å². The van der Waals surface area contributed by atoms with Gasteiger partial charge in [0.1, 0.15) is 0 Å². The summed E-state index contributed by atoms with van der Waals surface area (Å²) < 4.78 is 0. The predicted octanol–water partition coefficient (Wildman–Crippen LogP) is 8.85. The molecule has 0 nitrogen and oxygen atoms in total. The van der Waals surface area contributed by atoms with Crippen LogP contribution in [-0.4, -0.2) is 0 Å². The van der Waals surface area contributed by atoms with Gasteiger partial charge in [-0.1, -0.05) is 153 Å². The van der Waals surface area contributed by atoms with E-state index in [1.165, 1.54) is 44.9 Å². The van der Waals surface area contributed by atoms with Crippen LogP contribution in [0.3, 0.4) is 0 Å². The Bertz CT molecular complexity index is 634. The predicted molar refractivity (Wildman–Crippen MR) is 133 cm³/mol. The fraction of sp³-hybridized carbons (Fsp3) is 0.241. The van der Waals surface area contributed by atoms with Crippen LogP contribution < -0.4 is 0 Å². The summed E-state index contributed by atoms with van der Waals surface area (Å²) in [6.45, 7) is 0. The third kappa shape index (κ3) is 19.7. The lowest BCUT2D eigenvalue weighted by atomic mass is 10.1. The fourth-order valence-electron chi connectivity index (χ4n) is 2.56. The van der Waals surface area contributed by atoms with Gasteiger partial charge in [0.25, 0.3) is 0 Å². The molecule has 0 saturated heterocycles. The molecule has 0 spiro atoms. The third-order valence-corrected chi connectivity index (χ3v) is 4.12. The van der Waals surface area contributed by atoms with E-state index in [4.69, 9.17) is 0 Å². The molecule has 0 N–H and O–H groups in total. The van der Waals surface area contributed by atoms with Crippen molar-refractivity contribution in [3.05, 3.63) is 134 Å². The van der Waals surface area contributed by atoms with E-state index in [9.17, 15) is 0 Å². The van der Waals surface area contributed by atoms with Gasteiger partial charge in [0.15, 0.2) is 0 Å². The Labute approximate surface area is 178 Å². The Hall–Kier alpha value is -2.86. The summed E-state index contributed by atoms with van der Waals surface area (Å²) in [4.78, 5) is 0. The highest BCUT2D eigenvalue weighted by atomic mass is 13.9. The summed E-state index contributed by atoms with van der Waals surface area (Å²) in [5, 5.41) is 0. The molecule has 0 heterocycles. The van der Waals surface area contributed by atoms with Crippen LogP contribution in [0.1, 0.15) is 44.9 Å². The maximum absolute atomic E-state index is 2.26. The summed E-state index contributed by atoms with van der Waals surface area (Å²) >= 11 is 0. The van der Waals surface area contributed by atoms with Crippen molar-refractivity contribution in [2.75, 3.05) is 0 Å². The van der Waals surface area contributed by atoms with Gasteiger partial charge in [0.2, 0.25) is 0 Å². The first-order chi connectivity index (χ1) is 14.5. The average Bonchev–Trinajstić information content (AvgIpc) is 2.73. The first kappa shape index (κ1) is 24.2. The van der Waals surface area contributed by atoms with Crippen LogP contribution in [0.2, 0.25) is 0 Å². The van der Waals surface area contributed by atoms with Crippen LogP contribution in [0.4, 0.5) is 0 Å². The van der Waals surface area contributed by atoms with E-state index >= 15 is 0 Å². The molecule has 0 atom stereocenters. The van der Waals surface area contributed by atoms with Crippen molar-refractivity contribution in [2.24, 2.45) is 0 Å². The van der Waals surface area contributed by atoms with Crippen molar-refractivity contribution in [3.8, 4) is 0 Å². The van der Waals surface area contributed by atoms with E-state index in [0.717, 1.165) is 0 Å². The lowest BCUT2D eigenvalue weighted by Crippen LogP contribution is -1.78. The quantitative estimate of drug-likeness (QED) is 0.391. The SMILES string of the molecule is C1=CCCCCCCC\C=C/C=C/C=C/C=C/C=C/C=C/C=C\C=C\C=C/C=C\1. The Morgan fingerprint density at radius 2 is 0.414 bits per heavy atom. The van der Waals surface area contributed by atoms with Gasteiger partial charge in [-0.15, -0.1) is 0 Å². The van der Waals surface area contributed by atoms with Gasteiger partial charge in [-0.05, 0) is 25.7 Å². The molecule has 1 aliphatic carbocycles. The molecular formula is C29H36. The molecular weight excluding hydrogens is 348 g/mol. The van der Waals surface area contributed by atoms with Gasteiger partial charge in [0, 0.05) is 0 Å². The highest BCUT2D eigenvalue weighted by molar-refractivity contribution is 5.22. The molecule has 29 heavy (non-hydrogen) atoms. The first-order valence-electron chi connectivity index (χ1n) is 10.8. The number of rotatable bonds is 0. The second kappa shape index (κ2) is 21.4. The molecule has 0 radical (unpaired) electrons. The Kier molecular flexibility index (Phi) is 17.9. The van der Waals surface area contributed by atoms with Crippen molar-refractivity contribution in [1.82, 2.24) is 0 Å². The standard InChI is InChI=1S/C29H36/c1-2-4-6-8-10-12-14-16-18-20-22-24-26-28-29-27-25-23-21-19-17-15-13-11-9-7-5-3-1/h1-22H,23-29H2/b2-1+,5-3-,6-4+,9-7+,10-8+,13-11-,14-12+,17-15-,18-16+,21-19?,22-20-. The van der Waals surface area contributed by atoms with Gasteiger partial charge >= 0.3 is 0 Å². The highest BCUT2D eigenvalue weighted by Crippen LogP contribution is 2.08. The first-order valence-corrected chi connectivity index (χ1v) is 10.8. The Balaban J connectivity index is 2.48. The van der Waals surface area contributed by atoms with Crippen LogP contribution in [0.15, 0.2) is 134 Å². The van der Waals surface area contributed by atoms with Gasteiger partial charge in [0.05, 0.1) is 0 Å². The van der Waals surface area contributed by atoms with Crippen molar-refractivity contribution in [2.45, 2.75) is 44.9 Å². The minimum Gasteiger partial charge on any atom is -0.0845 e. The zero-order valence-corrected chi connectivity index (χ0v) is 17.7. The van der Waals surface area contributed by atoms with Crippen LogP contribution >= 0.6 is 0 Å². The van der Waals surface area contributed by atoms with E-state index in [1.807, 2.05) is 72.9 Å². The van der Waals surface area contributed by atoms with Crippen molar-refractivity contribution < 1.29 is 0 Å². The number of hydrogen-bond acceptors (Lipinski definition) is 0. The normalized spacial score (nSPS) is 29.0. The van der Waals surface area contributed by atoms with E-state index in [2.05, 4.69) is 60.8 Å². The number of hydrogen-bond donors (Lipinski definition) is 0. The van der Waals surface area contributed by atoms with Crippen molar-refractivity contribution >= 4 is 0 Å². The average molecular weight is 385 g/mol. The molecule has 0 saturated carbocycles. The smallest absolute Gasteiger partial charge is 0.0348 e. The Morgan fingerprint density at radius 1 is 0.207 bits per heavy atom. The van der Waals surface area contributed by atoms with Crippen LogP contribution in [0, 0.1) is 0 Å². The summed E-state index contributed by atoms with van der Waals surface area (Å²) in [7, 11) is 0. The van der Waals surface area contributed by atoms with Crippen LogP contribution in [0.25, 0.3) is 0 Å². The topological polar surface area (TPSA) is 0 Å². The van der Waals surface area contributed by atoms with E-state index in [1.54, 1.807) is 0 Å². The van der Waals surface area contributed by atoms with Gasteiger partial charge in [-0.25, -0.2) is 0 Å². The molecule has 0 unspecified atom stereocenters. The second-order valence-corrected chi connectivity index (χ2v) is 6.67. The maximum atomic E-state index is 2.26. The highest BCUT2D eigenvalue weighted by Gasteiger charge is 1.88. The molecule has 1 rings (SSSR count). The molecule has 1 aliphatic rings. The molecule has 0 aliphatic heterocycles. The lowest BCUT2D eigenvalue weighted by molar-refractivity contribution is 0.622. The minimum atomic E-state index is 1.18. The van der Waals surface area contributed by atoms with Crippen LogP contribution in [-0.2, 0) is 0 Å². The maximum Gasteiger partial charge on any atom is -0.0348 e. The molecule has 0 aromatic heterocycles. The van der Waals surface area contributed by atoms with Gasteiger partial charge < -0.3 is 0 Å². The van der Waals surface area contributed by atoms with E-state index in [-0.39, 0.29) is 0 Å². The molecule has 0 bridgehead atoms. The van der Waals surface area contributed by atoms with Crippen molar-refractivity contribution in [1.29, 1.82) is 0 Å².